The van der Waals surface area contributed by atoms with Crippen molar-refractivity contribution in [2.75, 3.05) is 24.5 Å². The van der Waals surface area contributed by atoms with E-state index in [0.717, 1.165) is 33.1 Å². The second-order valence-corrected chi connectivity index (χ2v) is 12.5. The number of nitrogens with zero attached hydrogens (tertiary/aromatic N) is 2. The third-order valence-electron chi connectivity index (χ3n) is 7.33. The molecule has 2 amide bonds. The predicted molar refractivity (Wildman–Crippen MR) is 173 cm³/mol. The van der Waals surface area contributed by atoms with Gasteiger partial charge >= 0.3 is 0 Å². The Balaban J connectivity index is 1.78. The van der Waals surface area contributed by atoms with Gasteiger partial charge in [0.15, 0.2) is 0 Å². The Morgan fingerprint density at radius 3 is 2.11 bits per heavy atom. The molecule has 10 heteroatoms. The highest BCUT2D eigenvalue weighted by atomic mass is 32.2. The van der Waals surface area contributed by atoms with Crippen LogP contribution < -0.4 is 14.4 Å². The van der Waals surface area contributed by atoms with Crippen molar-refractivity contribution in [1.82, 2.24) is 10.2 Å². The van der Waals surface area contributed by atoms with E-state index in [1.165, 1.54) is 48.4 Å². The van der Waals surface area contributed by atoms with Gasteiger partial charge in [-0.15, -0.1) is 0 Å². The molecule has 0 aliphatic rings. The maximum absolute atomic E-state index is 14.4. The number of sulfonamides is 1. The molecule has 0 aliphatic heterocycles. The van der Waals surface area contributed by atoms with Crippen LogP contribution in [-0.4, -0.2) is 51.4 Å². The van der Waals surface area contributed by atoms with Gasteiger partial charge in [-0.05, 0) is 73.0 Å². The van der Waals surface area contributed by atoms with E-state index in [1.807, 2.05) is 68.4 Å². The number of hydrogen-bond acceptors (Lipinski definition) is 5. The van der Waals surface area contributed by atoms with E-state index in [0.29, 0.717) is 18.7 Å². The zero-order valence-electron chi connectivity index (χ0n) is 25.6. The topological polar surface area (TPSA) is 96.0 Å². The summed E-state index contributed by atoms with van der Waals surface area (Å²) < 4.78 is 48.1. The van der Waals surface area contributed by atoms with Gasteiger partial charge in [0.2, 0.25) is 11.8 Å². The van der Waals surface area contributed by atoms with Gasteiger partial charge in [-0.1, -0.05) is 67.1 Å². The number of rotatable bonds is 14. The Morgan fingerprint density at radius 2 is 1.51 bits per heavy atom. The largest absolute Gasteiger partial charge is 0.497 e. The molecule has 236 valence electrons. The smallest absolute Gasteiger partial charge is 0.264 e. The maximum Gasteiger partial charge on any atom is 0.264 e. The molecular formula is C35H38FN3O5S. The molecule has 45 heavy (non-hydrogen) atoms. The van der Waals surface area contributed by atoms with Crippen molar-refractivity contribution >= 4 is 27.5 Å². The predicted octanol–water partition coefficient (Wildman–Crippen LogP) is 5.50. The summed E-state index contributed by atoms with van der Waals surface area (Å²) in [4.78, 5) is 29.4. The Kier molecular flexibility index (Phi) is 11.3. The molecule has 0 bridgehead atoms. The van der Waals surface area contributed by atoms with Crippen LogP contribution in [0.25, 0.3) is 0 Å². The van der Waals surface area contributed by atoms with Crippen LogP contribution in [0.3, 0.4) is 0 Å². The second kappa shape index (κ2) is 15.3. The number of carbonyl (C=O) groups is 2. The van der Waals surface area contributed by atoms with Crippen LogP contribution in [0.1, 0.15) is 30.0 Å². The Labute approximate surface area is 264 Å². The minimum atomic E-state index is -4.31. The highest BCUT2D eigenvalue weighted by Crippen LogP contribution is 2.26. The first-order chi connectivity index (χ1) is 21.6. The fourth-order valence-electron chi connectivity index (χ4n) is 4.82. The summed E-state index contributed by atoms with van der Waals surface area (Å²) in [6, 6.07) is 26.7. The van der Waals surface area contributed by atoms with Gasteiger partial charge in [0.05, 0.1) is 17.7 Å². The molecule has 0 saturated heterocycles. The summed E-state index contributed by atoms with van der Waals surface area (Å²) in [6.07, 6.45) is 0.921. The summed E-state index contributed by atoms with van der Waals surface area (Å²) in [6.45, 7) is 3.75. The standard InChI is InChI=1S/C35H38FN3O5S/c1-4-22-37-35(41)33(23-27-8-6-5-7-9-27)38(24-28-12-10-26(2)11-13-28)34(40)25-39(30-16-14-29(36)15-17-30)45(42,43)32-20-18-31(44-3)19-21-32/h5-21,33H,4,22-25H2,1-3H3,(H,37,41). The number of benzene rings is 4. The molecule has 0 saturated carbocycles. The van der Waals surface area contributed by atoms with Crippen LogP contribution >= 0.6 is 0 Å². The lowest BCUT2D eigenvalue weighted by Crippen LogP contribution is -2.53. The van der Waals surface area contributed by atoms with Crippen LogP contribution in [0.2, 0.25) is 0 Å². The Bertz CT molecular complexity index is 1660. The monoisotopic (exact) mass is 631 g/mol. The molecule has 0 heterocycles. The molecule has 0 fully saturated rings. The molecule has 1 unspecified atom stereocenters. The second-order valence-electron chi connectivity index (χ2n) is 10.7. The minimum absolute atomic E-state index is 0.0655. The van der Waals surface area contributed by atoms with Crippen molar-refractivity contribution in [3.05, 3.63) is 126 Å². The molecule has 8 nitrogen and oxygen atoms in total. The number of anilines is 1. The first-order valence-electron chi connectivity index (χ1n) is 14.7. The number of ether oxygens (including phenoxy) is 1. The molecule has 4 rings (SSSR count). The lowest BCUT2D eigenvalue weighted by molar-refractivity contribution is -0.140. The minimum Gasteiger partial charge on any atom is -0.497 e. The third-order valence-corrected chi connectivity index (χ3v) is 9.12. The van der Waals surface area contributed by atoms with E-state index in [9.17, 15) is 22.4 Å². The Hall–Kier alpha value is -4.70. The Morgan fingerprint density at radius 1 is 0.867 bits per heavy atom. The molecule has 0 radical (unpaired) electrons. The van der Waals surface area contributed by atoms with Gasteiger partial charge in [0.25, 0.3) is 10.0 Å². The first-order valence-corrected chi connectivity index (χ1v) is 16.2. The molecule has 4 aromatic rings. The number of aryl methyl sites for hydroxylation is 1. The van der Waals surface area contributed by atoms with Crippen LogP contribution in [0, 0.1) is 12.7 Å². The van der Waals surface area contributed by atoms with Crippen molar-refractivity contribution in [2.24, 2.45) is 0 Å². The number of halogens is 1. The van der Waals surface area contributed by atoms with Crippen molar-refractivity contribution < 1.29 is 27.1 Å². The highest BCUT2D eigenvalue weighted by Gasteiger charge is 2.34. The van der Waals surface area contributed by atoms with Gasteiger partial charge in [0.1, 0.15) is 24.2 Å². The lowest BCUT2D eigenvalue weighted by Gasteiger charge is -2.34. The molecule has 0 spiro atoms. The van der Waals surface area contributed by atoms with Crippen molar-refractivity contribution in [1.29, 1.82) is 0 Å². The van der Waals surface area contributed by atoms with E-state index in [4.69, 9.17) is 4.74 Å². The van der Waals surface area contributed by atoms with E-state index in [-0.39, 0.29) is 29.5 Å². The van der Waals surface area contributed by atoms with Crippen LogP contribution in [0.4, 0.5) is 10.1 Å². The summed E-state index contributed by atoms with van der Waals surface area (Å²) in [7, 11) is -2.84. The van der Waals surface area contributed by atoms with E-state index in [2.05, 4.69) is 5.32 Å². The molecule has 0 aliphatic carbocycles. The summed E-state index contributed by atoms with van der Waals surface area (Å²) in [5.74, 6) is -1.02. The highest BCUT2D eigenvalue weighted by molar-refractivity contribution is 7.92. The first kappa shape index (κ1) is 33.2. The zero-order chi connectivity index (χ0) is 32.4. The van der Waals surface area contributed by atoms with Crippen molar-refractivity contribution in [3.8, 4) is 5.75 Å². The SMILES string of the molecule is CCCNC(=O)C(Cc1ccccc1)N(Cc1ccc(C)cc1)C(=O)CN(c1ccc(F)cc1)S(=O)(=O)c1ccc(OC)cc1. The summed E-state index contributed by atoms with van der Waals surface area (Å²) >= 11 is 0. The maximum atomic E-state index is 14.4. The summed E-state index contributed by atoms with van der Waals surface area (Å²) in [5.41, 5.74) is 2.76. The van der Waals surface area contributed by atoms with Gasteiger partial charge in [-0.2, -0.15) is 0 Å². The zero-order valence-corrected chi connectivity index (χ0v) is 26.5. The van der Waals surface area contributed by atoms with E-state index < -0.39 is 34.3 Å². The van der Waals surface area contributed by atoms with Crippen LogP contribution in [0.15, 0.2) is 108 Å². The molecule has 1 N–H and O–H groups in total. The van der Waals surface area contributed by atoms with Crippen molar-refractivity contribution in [3.63, 3.8) is 0 Å². The van der Waals surface area contributed by atoms with Gasteiger partial charge < -0.3 is 15.0 Å². The van der Waals surface area contributed by atoms with Crippen molar-refractivity contribution in [2.45, 2.75) is 44.2 Å². The van der Waals surface area contributed by atoms with Crippen LogP contribution in [0.5, 0.6) is 5.75 Å². The molecule has 1 atom stereocenters. The van der Waals surface area contributed by atoms with Gasteiger partial charge in [-0.25, -0.2) is 12.8 Å². The number of hydrogen-bond donors (Lipinski definition) is 1. The van der Waals surface area contributed by atoms with Gasteiger partial charge in [-0.3, -0.25) is 13.9 Å². The average molecular weight is 632 g/mol. The molecule has 4 aromatic carbocycles. The average Bonchev–Trinajstić information content (AvgIpc) is 3.05. The van der Waals surface area contributed by atoms with Gasteiger partial charge in [0, 0.05) is 19.5 Å². The molecule has 0 aromatic heterocycles. The third kappa shape index (κ3) is 8.69. The number of nitrogens with one attached hydrogen (secondary N) is 1. The fourth-order valence-corrected chi connectivity index (χ4v) is 6.24. The van der Waals surface area contributed by atoms with E-state index >= 15 is 0 Å². The number of amides is 2. The quantitative estimate of drug-likeness (QED) is 0.198. The number of methoxy groups -OCH3 is 1. The summed E-state index contributed by atoms with van der Waals surface area (Å²) in [5, 5.41) is 2.92. The lowest BCUT2D eigenvalue weighted by atomic mass is 10.0. The molecular weight excluding hydrogens is 593 g/mol. The number of carbonyl (C=O) groups excluding carboxylic acids is 2. The fraction of sp³-hybridized carbons (Fsp3) is 0.257. The van der Waals surface area contributed by atoms with E-state index in [1.54, 1.807) is 0 Å². The normalized spacial score (nSPS) is 11.8. The van der Waals surface area contributed by atoms with Crippen LogP contribution in [-0.2, 0) is 32.6 Å².